The highest BCUT2D eigenvalue weighted by molar-refractivity contribution is 6.35. The third-order valence-corrected chi connectivity index (χ3v) is 6.81. The molecule has 0 saturated carbocycles. The second kappa shape index (κ2) is 13.5. The molecule has 0 aliphatic rings. The van der Waals surface area contributed by atoms with E-state index in [2.05, 4.69) is 0 Å². The first-order chi connectivity index (χ1) is 20.1. The molecule has 0 bridgehead atoms. The van der Waals surface area contributed by atoms with Crippen LogP contribution < -0.4 is 0 Å². The van der Waals surface area contributed by atoms with Crippen LogP contribution in [0.2, 0.25) is 5.02 Å². The maximum Gasteiger partial charge on any atom is 0.326 e. The molecule has 0 aliphatic heterocycles. The first kappa shape index (κ1) is 27.7. The minimum Gasteiger partial charge on any atom is -0.459 e. The van der Waals surface area contributed by atoms with E-state index in [1.165, 1.54) is 0 Å². The van der Waals surface area contributed by atoms with Gasteiger partial charge in [-0.15, -0.1) is 0 Å². The molecule has 7 heteroatoms. The van der Waals surface area contributed by atoms with Crippen molar-refractivity contribution in [3.8, 4) is 0 Å². The average Bonchev–Trinajstić information content (AvgIpc) is 3.56. The van der Waals surface area contributed by atoms with Crippen molar-refractivity contribution in [2.75, 3.05) is 0 Å². The fraction of sp³-hybridized carbons (Fsp3) is 0.118. The number of esters is 2. The number of rotatable bonds is 8. The van der Waals surface area contributed by atoms with Gasteiger partial charge in [-0.1, -0.05) is 109 Å². The number of nitrogens with zero attached hydrogens (tertiary/aromatic N) is 2. The molecule has 0 fully saturated rings. The Balaban J connectivity index is 0.000000165. The molecule has 6 rings (SSSR count). The van der Waals surface area contributed by atoms with E-state index in [0.717, 1.165) is 32.9 Å². The maximum absolute atomic E-state index is 12.0. The largest absolute Gasteiger partial charge is 0.459 e. The summed E-state index contributed by atoms with van der Waals surface area (Å²) >= 11 is 6.16. The third kappa shape index (κ3) is 7.44. The van der Waals surface area contributed by atoms with Gasteiger partial charge in [0, 0.05) is 23.3 Å². The number of hydrogen-bond donors (Lipinski definition) is 0. The molecule has 0 amide bonds. The van der Waals surface area contributed by atoms with Gasteiger partial charge >= 0.3 is 11.9 Å². The van der Waals surface area contributed by atoms with Gasteiger partial charge in [-0.2, -0.15) is 0 Å². The molecular weight excluding hydrogens is 536 g/mol. The summed E-state index contributed by atoms with van der Waals surface area (Å²) in [5, 5.41) is 2.71. The zero-order chi connectivity index (χ0) is 28.4. The number of aromatic nitrogens is 2. The van der Waals surface area contributed by atoms with Crippen molar-refractivity contribution in [3.63, 3.8) is 0 Å². The van der Waals surface area contributed by atoms with Crippen LogP contribution in [0.3, 0.4) is 0 Å². The average molecular weight is 565 g/mol. The van der Waals surface area contributed by atoms with Crippen LogP contribution in [0.15, 0.2) is 128 Å². The normalized spacial score (nSPS) is 10.7. The molecular formula is C34H29ClN2O4. The molecule has 41 heavy (non-hydrogen) atoms. The number of para-hydroxylation sites is 2. The Kier molecular flexibility index (Phi) is 9.14. The number of carbonyl (C=O) groups is 2. The molecule has 2 aromatic heterocycles. The Hall–Kier alpha value is -4.81. The van der Waals surface area contributed by atoms with Crippen LogP contribution in [0.5, 0.6) is 0 Å². The van der Waals surface area contributed by atoms with Crippen molar-refractivity contribution in [2.45, 2.75) is 26.3 Å². The van der Waals surface area contributed by atoms with Crippen molar-refractivity contribution in [1.82, 2.24) is 9.13 Å². The number of carbonyl (C=O) groups excluding carboxylic acids is 2. The lowest BCUT2D eigenvalue weighted by atomic mass is 10.2. The van der Waals surface area contributed by atoms with E-state index in [4.69, 9.17) is 21.1 Å². The highest BCUT2D eigenvalue weighted by Crippen LogP contribution is 2.25. The summed E-state index contributed by atoms with van der Waals surface area (Å²) in [5.74, 6) is -0.508. The van der Waals surface area contributed by atoms with Gasteiger partial charge in [0.1, 0.15) is 26.3 Å². The molecule has 0 radical (unpaired) electrons. The fourth-order valence-corrected chi connectivity index (χ4v) is 4.73. The Bertz CT molecular complexity index is 1740. The van der Waals surface area contributed by atoms with Gasteiger partial charge in [0.15, 0.2) is 0 Å². The van der Waals surface area contributed by atoms with E-state index in [1.807, 2.05) is 131 Å². The number of benzene rings is 4. The molecule has 0 aliphatic carbocycles. The van der Waals surface area contributed by atoms with E-state index in [1.54, 1.807) is 6.20 Å². The fourth-order valence-electron chi connectivity index (χ4n) is 4.46. The van der Waals surface area contributed by atoms with Crippen molar-refractivity contribution in [3.05, 3.63) is 144 Å². The first-order valence-corrected chi connectivity index (χ1v) is 13.6. The van der Waals surface area contributed by atoms with E-state index in [9.17, 15) is 9.59 Å². The lowest BCUT2D eigenvalue weighted by Crippen LogP contribution is -2.12. The Labute approximate surface area is 243 Å². The summed E-state index contributed by atoms with van der Waals surface area (Å²) < 4.78 is 14.3. The van der Waals surface area contributed by atoms with E-state index in [0.29, 0.717) is 11.6 Å². The van der Waals surface area contributed by atoms with Crippen LogP contribution in [0.25, 0.3) is 21.8 Å². The molecule has 6 aromatic rings. The van der Waals surface area contributed by atoms with Crippen LogP contribution >= 0.6 is 11.6 Å². The monoisotopic (exact) mass is 564 g/mol. The number of halogens is 1. The van der Waals surface area contributed by atoms with Crippen LogP contribution in [0, 0.1) is 0 Å². The second-order valence-corrected chi connectivity index (χ2v) is 9.82. The lowest BCUT2D eigenvalue weighted by molar-refractivity contribution is -0.146. The van der Waals surface area contributed by atoms with Crippen LogP contribution in [-0.4, -0.2) is 21.1 Å². The predicted octanol–water partition coefficient (Wildman–Crippen LogP) is 7.42. The minimum absolute atomic E-state index is 0.153. The molecule has 0 saturated heterocycles. The molecule has 0 spiro atoms. The number of fused-ring (bicyclic) bond motifs is 2. The summed E-state index contributed by atoms with van der Waals surface area (Å²) in [6.07, 6.45) is 3.67. The lowest BCUT2D eigenvalue weighted by Gasteiger charge is -2.07. The van der Waals surface area contributed by atoms with Gasteiger partial charge in [0.25, 0.3) is 0 Å². The highest BCUT2D eigenvalue weighted by atomic mass is 35.5. The van der Waals surface area contributed by atoms with Gasteiger partial charge < -0.3 is 18.6 Å². The van der Waals surface area contributed by atoms with Gasteiger partial charge in [0.2, 0.25) is 0 Å². The minimum atomic E-state index is -0.281. The summed E-state index contributed by atoms with van der Waals surface area (Å²) in [4.78, 5) is 23.8. The van der Waals surface area contributed by atoms with E-state index >= 15 is 0 Å². The number of ether oxygens (including phenoxy) is 2. The zero-order valence-corrected chi connectivity index (χ0v) is 23.1. The standard InChI is InChI=1S/C17H14ClNO2.C17H15NO2/c18-15-10-19(16-9-5-4-8-14(15)16)11-17(20)21-12-13-6-2-1-3-7-13;19-17(20-13-14-6-2-1-3-7-14)12-18-11-10-15-8-4-5-9-16(15)18/h1-10H,11-12H2;1-11H,12-13H2. The Morgan fingerprint density at radius 3 is 1.73 bits per heavy atom. The van der Waals surface area contributed by atoms with Crippen molar-refractivity contribution >= 4 is 45.3 Å². The maximum atomic E-state index is 12.0. The topological polar surface area (TPSA) is 62.5 Å². The second-order valence-electron chi connectivity index (χ2n) is 9.42. The van der Waals surface area contributed by atoms with E-state index in [-0.39, 0.29) is 31.6 Å². The summed E-state index contributed by atoms with van der Waals surface area (Å²) in [6, 6.07) is 37.0. The van der Waals surface area contributed by atoms with Gasteiger partial charge in [0.05, 0.1) is 10.5 Å². The first-order valence-electron chi connectivity index (χ1n) is 13.2. The molecule has 6 nitrogen and oxygen atoms in total. The highest BCUT2D eigenvalue weighted by Gasteiger charge is 2.11. The van der Waals surface area contributed by atoms with Crippen molar-refractivity contribution in [1.29, 1.82) is 0 Å². The van der Waals surface area contributed by atoms with Crippen molar-refractivity contribution < 1.29 is 19.1 Å². The number of hydrogen-bond acceptors (Lipinski definition) is 4. The van der Waals surface area contributed by atoms with Crippen LogP contribution in [0.4, 0.5) is 0 Å². The predicted molar refractivity (Wildman–Crippen MR) is 161 cm³/mol. The van der Waals surface area contributed by atoms with E-state index < -0.39 is 0 Å². The summed E-state index contributed by atoms with van der Waals surface area (Å²) in [5.41, 5.74) is 3.95. The molecule has 0 unspecified atom stereocenters. The molecule has 2 heterocycles. The van der Waals surface area contributed by atoms with Gasteiger partial charge in [-0.3, -0.25) is 9.59 Å². The van der Waals surface area contributed by atoms with Gasteiger partial charge in [-0.25, -0.2) is 0 Å². The molecule has 4 aromatic carbocycles. The van der Waals surface area contributed by atoms with Gasteiger partial charge in [-0.05, 0) is 34.7 Å². The quantitative estimate of drug-likeness (QED) is 0.180. The molecule has 0 N–H and O–H groups in total. The smallest absolute Gasteiger partial charge is 0.326 e. The van der Waals surface area contributed by atoms with Crippen LogP contribution in [0.1, 0.15) is 11.1 Å². The zero-order valence-electron chi connectivity index (χ0n) is 22.4. The molecule has 206 valence electrons. The summed E-state index contributed by atoms with van der Waals surface area (Å²) in [6.45, 7) is 0.992. The van der Waals surface area contributed by atoms with Crippen molar-refractivity contribution in [2.24, 2.45) is 0 Å². The molecule has 0 atom stereocenters. The third-order valence-electron chi connectivity index (χ3n) is 6.50. The van der Waals surface area contributed by atoms with Crippen LogP contribution in [-0.2, 0) is 45.4 Å². The SMILES string of the molecule is O=C(Cn1cc(Cl)c2ccccc21)OCc1ccccc1.O=C(Cn1ccc2ccccc21)OCc1ccccc1. The summed E-state index contributed by atoms with van der Waals surface area (Å²) in [7, 11) is 0. The Morgan fingerprint density at radius 1 is 0.585 bits per heavy atom. The Morgan fingerprint density at radius 2 is 1.10 bits per heavy atom.